The largest absolute Gasteiger partial charge is 0.495 e. The Balaban J connectivity index is 2.56. The second-order valence-electron chi connectivity index (χ2n) is 8.07. The molecule has 1 unspecified atom stereocenters. The molecular weight excluding hydrogens is 422 g/mol. The number of ether oxygens (including phenoxy) is 2. The monoisotopic (exact) mass is 449 g/mol. The standard InChI is InChI=1S/C23H28ClNO6/c1-6-19(26)15-8-7-14(24)11-16(15)17-12-21(27)25(13-20(17)30-5)18(22(28)29)9-10-31-23(2,3)4/h7-8,11-13,18H,6,9-10H2,1-5H3,(H,28,29). The van der Waals surface area contributed by atoms with Gasteiger partial charge < -0.3 is 14.6 Å². The summed E-state index contributed by atoms with van der Waals surface area (Å²) < 4.78 is 12.2. The lowest BCUT2D eigenvalue weighted by Gasteiger charge is -2.22. The molecule has 0 amide bonds. The molecule has 0 aliphatic rings. The lowest BCUT2D eigenvalue weighted by molar-refractivity contribution is -0.142. The molecule has 2 aromatic rings. The van der Waals surface area contributed by atoms with Crippen molar-refractivity contribution in [3.8, 4) is 16.9 Å². The van der Waals surface area contributed by atoms with Crippen LogP contribution in [0.2, 0.25) is 5.02 Å². The van der Waals surface area contributed by atoms with E-state index in [1.807, 2.05) is 20.8 Å². The Morgan fingerprint density at radius 1 is 1.19 bits per heavy atom. The summed E-state index contributed by atoms with van der Waals surface area (Å²) in [5.41, 5.74) is 0.288. The van der Waals surface area contributed by atoms with E-state index in [1.165, 1.54) is 19.4 Å². The van der Waals surface area contributed by atoms with Crippen LogP contribution < -0.4 is 10.3 Å². The minimum atomic E-state index is -1.15. The number of benzene rings is 1. The van der Waals surface area contributed by atoms with Crippen LogP contribution in [0.25, 0.3) is 11.1 Å². The fourth-order valence-electron chi connectivity index (χ4n) is 3.18. The van der Waals surface area contributed by atoms with Gasteiger partial charge in [-0.25, -0.2) is 4.79 Å². The highest BCUT2D eigenvalue weighted by Gasteiger charge is 2.25. The lowest BCUT2D eigenvalue weighted by Crippen LogP contribution is -2.31. The Labute approximate surface area is 186 Å². The van der Waals surface area contributed by atoms with E-state index < -0.39 is 23.2 Å². The molecule has 2 rings (SSSR count). The molecule has 0 aliphatic heterocycles. The Kier molecular flexibility index (Phi) is 8.03. The molecule has 1 heterocycles. The Hall–Kier alpha value is -2.64. The summed E-state index contributed by atoms with van der Waals surface area (Å²) in [6.07, 6.45) is 1.74. The zero-order chi connectivity index (χ0) is 23.3. The van der Waals surface area contributed by atoms with Crippen molar-refractivity contribution in [1.29, 1.82) is 0 Å². The van der Waals surface area contributed by atoms with Gasteiger partial charge in [-0.15, -0.1) is 0 Å². The average molecular weight is 450 g/mol. The highest BCUT2D eigenvalue weighted by Crippen LogP contribution is 2.34. The molecule has 1 aromatic heterocycles. The first-order valence-electron chi connectivity index (χ1n) is 9.98. The number of methoxy groups -OCH3 is 1. The van der Waals surface area contributed by atoms with Gasteiger partial charge in [0.25, 0.3) is 5.56 Å². The minimum absolute atomic E-state index is 0.103. The fourth-order valence-corrected chi connectivity index (χ4v) is 3.35. The lowest BCUT2D eigenvalue weighted by atomic mass is 9.96. The number of hydrogen-bond acceptors (Lipinski definition) is 5. The predicted octanol–water partition coefficient (Wildman–Crippen LogP) is 4.60. The summed E-state index contributed by atoms with van der Waals surface area (Å²) in [6, 6.07) is 4.96. The van der Waals surface area contributed by atoms with E-state index in [4.69, 9.17) is 21.1 Å². The van der Waals surface area contributed by atoms with Gasteiger partial charge in [0.1, 0.15) is 11.8 Å². The van der Waals surface area contributed by atoms with E-state index in [-0.39, 0.29) is 31.0 Å². The summed E-state index contributed by atoms with van der Waals surface area (Å²) >= 11 is 6.14. The quantitative estimate of drug-likeness (QED) is 0.562. The SMILES string of the molecule is CCC(=O)c1ccc(Cl)cc1-c1cc(=O)n(C(CCOC(C)(C)C)C(=O)O)cc1OC. The number of halogens is 1. The zero-order valence-corrected chi connectivity index (χ0v) is 19.2. The van der Waals surface area contributed by atoms with E-state index in [1.54, 1.807) is 25.1 Å². The number of rotatable bonds is 9. The van der Waals surface area contributed by atoms with E-state index >= 15 is 0 Å². The molecule has 7 nitrogen and oxygen atoms in total. The Morgan fingerprint density at radius 3 is 2.42 bits per heavy atom. The van der Waals surface area contributed by atoms with Crippen LogP contribution in [0.1, 0.15) is 56.9 Å². The number of carboxylic acid groups (broad SMARTS) is 1. The molecule has 0 saturated carbocycles. The van der Waals surface area contributed by atoms with Crippen molar-refractivity contribution >= 4 is 23.4 Å². The maximum absolute atomic E-state index is 12.9. The highest BCUT2D eigenvalue weighted by molar-refractivity contribution is 6.31. The maximum atomic E-state index is 12.9. The summed E-state index contributed by atoms with van der Waals surface area (Å²) in [4.78, 5) is 37.2. The normalized spacial score (nSPS) is 12.5. The number of aromatic nitrogens is 1. The molecule has 0 radical (unpaired) electrons. The molecule has 0 spiro atoms. The van der Waals surface area contributed by atoms with Gasteiger partial charge in [-0.2, -0.15) is 0 Å². The van der Waals surface area contributed by atoms with Crippen LogP contribution in [0.4, 0.5) is 0 Å². The number of pyridine rings is 1. The predicted molar refractivity (Wildman–Crippen MR) is 119 cm³/mol. The van der Waals surface area contributed by atoms with Gasteiger partial charge in [-0.3, -0.25) is 14.2 Å². The van der Waals surface area contributed by atoms with Crippen molar-refractivity contribution in [3.63, 3.8) is 0 Å². The summed E-state index contributed by atoms with van der Waals surface area (Å²) in [5, 5.41) is 10.1. The second kappa shape index (κ2) is 10.1. The number of Topliss-reactive ketones (excluding diaryl/α,β-unsaturated/α-hetero) is 1. The summed E-state index contributed by atoms with van der Waals surface area (Å²) in [7, 11) is 1.41. The van der Waals surface area contributed by atoms with Gasteiger partial charge in [0, 0.05) is 41.7 Å². The highest BCUT2D eigenvalue weighted by atomic mass is 35.5. The molecule has 1 N–H and O–H groups in total. The topological polar surface area (TPSA) is 94.8 Å². The smallest absolute Gasteiger partial charge is 0.326 e. The number of carbonyl (C=O) groups excluding carboxylic acids is 1. The van der Waals surface area contributed by atoms with Gasteiger partial charge in [-0.1, -0.05) is 18.5 Å². The molecular formula is C23H28ClNO6. The van der Waals surface area contributed by atoms with Crippen molar-refractivity contribution in [2.45, 2.75) is 52.2 Å². The van der Waals surface area contributed by atoms with Crippen LogP contribution >= 0.6 is 11.6 Å². The number of carboxylic acids is 1. The van der Waals surface area contributed by atoms with Gasteiger partial charge in [0.2, 0.25) is 0 Å². The average Bonchev–Trinajstić information content (AvgIpc) is 2.69. The first-order chi connectivity index (χ1) is 14.5. The van der Waals surface area contributed by atoms with E-state index in [0.717, 1.165) is 4.57 Å². The second-order valence-corrected chi connectivity index (χ2v) is 8.51. The third kappa shape index (κ3) is 6.18. The molecule has 1 aromatic carbocycles. The number of nitrogens with zero attached hydrogens (tertiary/aromatic N) is 1. The van der Waals surface area contributed by atoms with Crippen molar-refractivity contribution in [2.75, 3.05) is 13.7 Å². The molecule has 0 aliphatic carbocycles. The Bertz CT molecular complexity index is 1020. The third-order valence-electron chi connectivity index (χ3n) is 4.70. The van der Waals surface area contributed by atoms with Crippen LogP contribution in [0, 0.1) is 0 Å². The summed E-state index contributed by atoms with van der Waals surface area (Å²) in [6.45, 7) is 7.51. The number of ketones is 1. The van der Waals surface area contributed by atoms with E-state index in [2.05, 4.69) is 0 Å². The van der Waals surface area contributed by atoms with Crippen LogP contribution in [-0.4, -0.2) is 40.7 Å². The van der Waals surface area contributed by atoms with Gasteiger partial charge in [-0.05, 0) is 44.5 Å². The first kappa shape index (κ1) is 24.6. The van der Waals surface area contributed by atoms with Crippen LogP contribution in [0.3, 0.4) is 0 Å². The minimum Gasteiger partial charge on any atom is -0.495 e. The zero-order valence-electron chi connectivity index (χ0n) is 18.4. The number of carbonyl (C=O) groups is 2. The number of hydrogen-bond donors (Lipinski definition) is 1. The van der Waals surface area contributed by atoms with Gasteiger partial charge in [0.05, 0.1) is 18.9 Å². The first-order valence-corrected chi connectivity index (χ1v) is 10.4. The van der Waals surface area contributed by atoms with Gasteiger partial charge >= 0.3 is 5.97 Å². The molecule has 0 bridgehead atoms. The van der Waals surface area contributed by atoms with Crippen LogP contribution in [0.15, 0.2) is 35.3 Å². The molecule has 8 heteroatoms. The van der Waals surface area contributed by atoms with Gasteiger partial charge in [0.15, 0.2) is 5.78 Å². The number of aliphatic carboxylic acids is 1. The van der Waals surface area contributed by atoms with Crippen molar-refractivity contribution in [3.05, 3.63) is 51.4 Å². The van der Waals surface area contributed by atoms with E-state index in [0.29, 0.717) is 21.7 Å². The van der Waals surface area contributed by atoms with Crippen LogP contribution in [0.5, 0.6) is 5.75 Å². The summed E-state index contributed by atoms with van der Waals surface area (Å²) in [5.74, 6) is -1.00. The molecule has 168 valence electrons. The molecule has 1 atom stereocenters. The maximum Gasteiger partial charge on any atom is 0.326 e. The molecule has 0 saturated heterocycles. The molecule has 31 heavy (non-hydrogen) atoms. The third-order valence-corrected chi connectivity index (χ3v) is 4.94. The van der Waals surface area contributed by atoms with Crippen LogP contribution in [-0.2, 0) is 9.53 Å². The fraction of sp³-hybridized carbons (Fsp3) is 0.435. The van der Waals surface area contributed by atoms with Crippen molar-refractivity contribution in [2.24, 2.45) is 0 Å². The van der Waals surface area contributed by atoms with Crippen molar-refractivity contribution in [1.82, 2.24) is 4.57 Å². The Morgan fingerprint density at radius 2 is 1.87 bits per heavy atom. The molecule has 0 fully saturated rings. The van der Waals surface area contributed by atoms with Crippen molar-refractivity contribution < 1.29 is 24.2 Å². The van der Waals surface area contributed by atoms with E-state index in [9.17, 15) is 19.5 Å².